The van der Waals surface area contributed by atoms with Crippen LogP contribution in [0.2, 0.25) is 0 Å². The SMILES string of the molecule is C/C=N/[C@@H](CO)C(C)C. The maximum absolute atomic E-state index is 8.71. The van der Waals surface area contributed by atoms with E-state index in [1.165, 1.54) is 0 Å². The molecule has 0 aromatic carbocycles. The van der Waals surface area contributed by atoms with E-state index >= 15 is 0 Å². The van der Waals surface area contributed by atoms with E-state index in [9.17, 15) is 0 Å². The minimum Gasteiger partial charge on any atom is -0.394 e. The molecule has 0 aliphatic carbocycles. The molecule has 0 aliphatic rings. The van der Waals surface area contributed by atoms with E-state index in [0.717, 1.165) is 0 Å². The summed E-state index contributed by atoms with van der Waals surface area (Å²) in [6, 6.07) is 0.0926. The number of hydrogen-bond donors (Lipinski definition) is 1. The zero-order valence-electron chi connectivity index (χ0n) is 6.33. The first-order valence-corrected chi connectivity index (χ1v) is 3.31. The summed E-state index contributed by atoms with van der Waals surface area (Å²) in [7, 11) is 0. The molecule has 0 amide bonds. The quantitative estimate of drug-likeness (QED) is 0.568. The van der Waals surface area contributed by atoms with Crippen molar-refractivity contribution in [1.82, 2.24) is 0 Å². The van der Waals surface area contributed by atoms with Gasteiger partial charge in [0.2, 0.25) is 0 Å². The van der Waals surface area contributed by atoms with Gasteiger partial charge in [-0.3, -0.25) is 4.99 Å². The number of rotatable bonds is 3. The fourth-order valence-corrected chi connectivity index (χ4v) is 0.622. The topological polar surface area (TPSA) is 32.6 Å². The smallest absolute Gasteiger partial charge is 0.0749 e. The normalized spacial score (nSPS) is 15.2. The van der Waals surface area contributed by atoms with Gasteiger partial charge < -0.3 is 5.11 Å². The Labute approximate surface area is 56.6 Å². The maximum atomic E-state index is 8.71. The van der Waals surface area contributed by atoms with Gasteiger partial charge in [-0.05, 0) is 19.1 Å². The van der Waals surface area contributed by atoms with Crippen molar-refractivity contribution in [3.05, 3.63) is 0 Å². The first-order valence-electron chi connectivity index (χ1n) is 3.31. The Morgan fingerprint density at radius 3 is 2.22 bits per heavy atom. The van der Waals surface area contributed by atoms with E-state index in [2.05, 4.69) is 4.99 Å². The molecule has 0 aromatic rings. The summed E-state index contributed by atoms with van der Waals surface area (Å²) in [5, 5.41) is 8.71. The first-order chi connectivity index (χ1) is 4.22. The summed E-state index contributed by atoms with van der Waals surface area (Å²) >= 11 is 0. The monoisotopic (exact) mass is 129 g/mol. The van der Waals surface area contributed by atoms with Crippen molar-refractivity contribution < 1.29 is 5.11 Å². The lowest BCUT2D eigenvalue weighted by molar-refractivity contribution is 0.240. The largest absolute Gasteiger partial charge is 0.394 e. The van der Waals surface area contributed by atoms with Crippen molar-refractivity contribution in [3.8, 4) is 0 Å². The van der Waals surface area contributed by atoms with Gasteiger partial charge >= 0.3 is 0 Å². The molecular formula is C7H15NO. The van der Waals surface area contributed by atoms with Crippen molar-refractivity contribution in [3.63, 3.8) is 0 Å². The first kappa shape index (κ1) is 8.63. The minimum absolute atomic E-state index is 0.0926. The van der Waals surface area contributed by atoms with E-state index in [0.29, 0.717) is 5.92 Å². The predicted molar refractivity (Wildman–Crippen MR) is 39.9 cm³/mol. The van der Waals surface area contributed by atoms with Gasteiger partial charge in [-0.25, -0.2) is 0 Å². The predicted octanol–water partition coefficient (Wildman–Crippen LogP) is 1.09. The van der Waals surface area contributed by atoms with Crippen LogP contribution in [0.4, 0.5) is 0 Å². The van der Waals surface area contributed by atoms with Gasteiger partial charge in [0.25, 0.3) is 0 Å². The van der Waals surface area contributed by atoms with E-state index in [-0.39, 0.29) is 12.6 Å². The standard InChI is InChI=1S/C7H15NO/c1-4-8-7(5-9)6(2)3/h4,6-7,9H,5H2,1-3H3/b8-4+/t7-/m0/s1. The third kappa shape index (κ3) is 3.25. The highest BCUT2D eigenvalue weighted by Crippen LogP contribution is 2.03. The molecule has 9 heavy (non-hydrogen) atoms. The van der Waals surface area contributed by atoms with Gasteiger partial charge in [-0.15, -0.1) is 0 Å². The van der Waals surface area contributed by atoms with Crippen LogP contribution >= 0.6 is 0 Å². The number of aliphatic hydroxyl groups excluding tert-OH is 1. The van der Waals surface area contributed by atoms with Crippen LogP contribution in [0, 0.1) is 5.92 Å². The molecule has 0 aromatic heterocycles. The Morgan fingerprint density at radius 1 is 1.56 bits per heavy atom. The molecule has 0 bridgehead atoms. The van der Waals surface area contributed by atoms with Crippen LogP contribution in [0.3, 0.4) is 0 Å². The zero-order chi connectivity index (χ0) is 7.28. The summed E-state index contributed by atoms with van der Waals surface area (Å²) in [5.74, 6) is 0.436. The van der Waals surface area contributed by atoms with Gasteiger partial charge in [-0.2, -0.15) is 0 Å². The molecule has 0 spiro atoms. The van der Waals surface area contributed by atoms with Crippen molar-refractivity contribution in [2.24, 2.45) is 10.9 Å². The Hall–Kier alpha value is -0.370. The highest BCUT2D eigenvalue weighted by atomic mass is 16.3. The molecule has 0 fully saturated rings. The molecule has 1 atom stereocenters. The molecule has 0 heterocycles. The average molecular weight is 129 g/mol. The summed E-state index contributed by atoms with van der Waals surface area (Å²) in [6.45, 7) is 6.12. The van der Waals surface area contributed by atoms with Gasteiger partial charge in [0.15, 0.2) is 0 Å². The molecule has 0 unspecified atom stereocenters. The lowest BCUT2D eigenvalue weighted by atomic mass is 10.1. The molecule has 1 N–H and O–H groups in total. The van der Waals surface area contributed by atoms with Gasteiger partial charge in [-0.1, -0.05) is 13.8 Å². The molecular weight excluding hydrogens is 114 g/mol. The second-order valence-corrected chi connectivity index (χ2v) is 2.40. The van der Waals surface area contributed by atoms with Crippen LogP contribution in [-0.4, -0.2) is 24.0 Å². The molecule has 0 rings (SSSR count). The summed E-state index contributed by atoms with van der Waals surface area (Å²) < 4.78 is 0. The minimum atomic E-state index is 0.0926. The summed E-state index contributed by atoms with van der Waals surface area (Å²) in [5.41, 5.74) is 0. The summed E-state index contributed by atoms with van der Waals surface area (Å²) in [4.78, 5) is 4.07. The second kappa shape index (κ2) is 4.50. The van der Waals surface area contributed by atoms with Gasteiger partial charge in [0, 0.05) is 0 Å². The van der Waals surface area contributed by atoms with Crippen molar-refractivity contribution in [1.29, 1.82) is 0 Å². The maximum Gasteiger partial charge on any atom is 0.0749 e. The Bertz CT molecular complexity index is 88.9. The second-order valence-electron chi connectivity index (χ2n) is 2.40. The van der Waals surface area contributed by atoms with Gasteiger partial charge in [0.05, 0.1) is 12.6 Å². The van der Waals surface area contributed by atoms with Crippen LogP contribution in [0.15, 0.2) is 4.99 Å². The third-order valence-corrected chi connectivity index (χ3v) is 1.30. The molecule has 0 aliphatic heterocycles. The Morgan fingerprint density at radius 2 is 2.11 bits per heavy atom. The zero-order valence-corrected chi connectivity index (χ0v) is 6.33. The van der Waals surface area contributed by atoms with Crippen LogP contribution in [0.25, 0.3) is 0 Å². The fraction of sp³-hybridized carbons (Fsp3) is 0.857. The van der Waals surface area contributed by atoms with E-state index in [4.69, 9.17) is 5.11 Å². The number of aliphatic hydroxyl groups is 1. The van der Waals surface area contributed by atoms with Crippen LogP contribution in [0.5, 0.6) is 0 Å². The molecule has 54 valence electrons. The number of nitrogens with zero attached hydrogens (tertiary/aromatic N) is 1. The lowest BCUT2D eigenvalue weighted by Gasteiger charge is -2.11. The number of hydrogen-bond acceptors (Lipinski definition) is 2. The van der Waals surface area contributed by atoms with E-state index in [1.807, 2.05) is 20.8 Å². The lowest BCUT2D eigenvalue weighted by Crippen LogP contribution is -2.17. The Balaban J connectivity index is 3.68. The van der Waals surface area contributed by atoms with Crippen LogP contribution in [-0.2, 0) is 0 Å². The van der Waals surface area contributed by atoms with Crippen molar-refractivity contribution >= 4 is 6.21 Å². The highest BCUT2D eigenvalue weighted by molar-refractivity contribution is 5.53. The van der Waals surface area contributed by atoms with Crippen LogP contribution in [0.1, 0.15) is 20.8 Å². The third-order valence-electron chi connectivity index (χ3n) is 1.30. The molecule has 0 saturated heterocycles. The van der Waals surface area contributed by atoms with E-state index in [1.54, 1.807) is 6.21 Å². The number of aliphatic imine (C=N–C) groups is 1. The van der Waals surface area contributed by atoms with Gasteiger partial charge in [0.1, 0.15) is 0 Å². The fourth-order valence-electron chi connectivity index (χ4n) is 0.622. The van der Waals surface area contributed by atoms with E-state index < -0.39 is 0 Å². The molecule has 0 saturated carbocycles. The average Bonchev–Trinajstić information content (AvgIpc) is 1.82. The molecule has 2 heteroatoms. The Kier molecular flexibility index (Phi) is 4.32. The summed E-state index contributed by atoms with van der Waals surface area (Å²) in [6.07, 6.45) is 1.74. The van der Waals surface area contributed by atoms with Crippen molar-refractivity contribution in [2.75, 3.05) is 6.61 Å². The molecule has 0 radical (unpaired) electrons. The van der Waals surface area contributed by atoms with Crippen molar-refractivity contribution in [2.45, 2.75) is 26.8 Å². The van der Waals surface area contributed by atoms with Crippen LogP contribution < -0.4 is 0 Å². The highest BCUT2D eigenvalue weighted by Gasteiger charge is 2.07. The molecule has 2 nitrogen and oxygen atoms in total.